The van der Waals surface area contributed by atoms with E-state index in [1.165, 1.54) is 19.1 Å². The fourth-order valence-electron chi connectivity index (χ4n) is 1.61. The number of carbonyl (C=O) groups is 3. The van der Waals surface area contributed by atoms with Crippen molar-refractivity contribution in [1.29, 1.82) is 5.26 Å². The number of benzene rings is 1. The number of carbonyl (C=O) groups excluding carboxylic acids is 3. The fraction of sp³-hybridized carbons (Fsp3) is 0.294. The highest BCUT2D eigenvalue weighted by Gasteiger charge is 2.19. The first kappa shape index (κ1) is 18.9. The van der Waals surface area contributed by atoms with Gasteiger partial charge in [-0.05, 0) is 44.5 Å². The van der Waals surface area contributed by atoms with Crippen LogP contribution in [0.25, 0.3) is 6.08 Å². The summed E-state index contributed by atoms with van der Waals surface area (Å²) in [7, 11) is 0. The molecule has 1 aromatic carbocycles. The number of hydrogen-bond donors (Lipinski definition) is 2. The lowest BCUT2D eigenvalue weighted by Crippen LogP contribution is -2.46. The highest BCUT2D eigenvalue weighted by Crippen LogP contribution is 2.05. The van der Waals surface area contributed by atoms with Crippen LogP contribution in [0.3, 0.4) is 0 Å². The van der Waals surface area contributed by atoms with Crippen LogP contribution >= 0.6 is 0 Å². The summed E-state index contributed by atoms with van der Waals surface area (Å²) in [6.45, 7) is 4.87. The SMILES string of the molecule is CC(C)NC(=O)NC(=O)[C@H](C)OC(=O)/C=C/c1ccc(C#N)cc1. The second-order valence-corrected chi connectivity index (χ2v) is 5.26. The Morgan fingerprint density at radius 3 is 2.33 bits per heavy atom. The zero-order chi connectivity index (χ0) is 18.1. The normalized spacial score (nSPS) is 11.6. The number of nitriles is 1. The number of amides is 3. The molecule has 0 spiro atoms. The average Bonchev–Trinajstić information content (AvgIpc) is 2.52. The van der Waals surface area contributed by atoms with Gasteiger partial charge in [0.05, 0.1) is 11.6 Å². The molecule has 2 N–H and O–H groups in total. The Balaban J connectivity index is 2.50. The lowest BCUT2D eigenvalue weighted by atomic mass is 10.1. The van der Waals surface area contributed by atoms with Gasteiger partial charge in [0, 0.05) is 12.1 Å². The van der Waals surface area contributed by atoms with Crippen LogP contribution in [-0.4, -0.2) is 30.1 Å². The summed E-state index contributed by atoms with van der Waals surface area (Å²) in [5.41, 5.74) is 1.22. The number of nitrogens with one attached hydrogen (secondary N) is 2. The molecule has 1 atom stereocenters. The molecule has 1 rings (SSSR count). The minimum Gasteiger partial charge on any atom is -0.449 e. The van der Waals surface area contributed by atoms with E-state index in [0.29, 0.717) is 11.1 Å². The predicted octanol–water partition coefficient (Wildman–Crippen LogP) is 1.74. The molecule has 7 nitrogen and oxygen atoms in total. The molecule has 7 heteroatoms. The van der Waals surface area contributed by atoms with Crippen LogP contribution in [0.1, 0.15) is 31.9 Å². The molecule has 24 heavy (non-hydrogen) atoms. The molecular formula is C17H19N3O4. The third-order valence-corrected chi connectivity index (χ3v) is 2.77. The van der Waals surface area contributed by atoms with Gasteiger partial charge in [0.2, 0.25) is 0 Å². The van der Waals surface area contributed by atoms with E-state index >= 15 is 0 Å². The van der Waals surface area contributed by atoms with E-state index in [1.807, 2.05) is 6.07 Å². The van der Waals surface area contributed by atoms with Crippen molar-refractivity contribution in [2.24, 2.45) is 0 Å². The van der Waals surface area contributed by atoms with Crippen LogP contribution in [0.5, 0.6) is 0 Å². The number of urea groups is 1. The van der Waals surface area contributed by atoms with Crippen molar-refractivity contribution in [2.75, 3.05) is 0 Å². The van der Waals surface area contributed by atoms with Gasteiger partial charge in [0.1, 0.15) is 0 Å². The van der Waals surface area contributed by atoms with Gasteiger partial charge in [-0.1, -0.05) is 12.1 Å². The minimum absolute atomic E-state index is 0.119. The van der Waals surface area contributed by atoms with Crippen molar-refractivity contribution in [3.63, 3.8) is 0 Å². The number of imide groups is 1. The predicted molar refractivity (Wildman–Crippen MR) is 87.6 cm³/mol. The third-order valence-electron chi connectivity index (χ3n) is 2.77. The second kappa shape index (κ2) is 9.10. The maximum absolute atomic E-state index is 11.7. The fourth-order valence-corrected chi connectivity index (χ4v) is 1.61. The molecule has 1 aromatic rings. The zero-order valence-electron chi connectivity index (χ0n) is 13.7. The van der Waals surface area contributed by atoms with Crippen LogP contribution in [-0.2, 0) is 14.3 Å². The number of esters is 1. The standard InChI is InChI=1S/C17H19N3O4/c1-11(2)19-17(23)20-16(22)12(3)24-15(21)9-8-13-4-6-14(10-18)7-5-13/h4-9,11-12H,1-3H3,(H2,19,20,22,23)/b9-8+/t12-/m0/s1. The highest BCUT2D eigenvalue weighted by molar-refractivity contribution is 5.98. The Labute approximate surface area is 140 Å². The summed E-state index contributed by atoms with van der Waals surface area (Å²) < 4.78 is 4.91. The van der Waals surface area contributed by atoms with E-state index < -0.39 is 24.0 Å². The highest BCUT2D eigenvalue weighted by atomic mass is 16.5. The quantitative estimate of drug-likeness (QED) is 0.632. The van der Waals surface area contributed by atoms with E-state index in [9.17, 15) is 14.4 Å². The number of hydrogen-bond acceptors (Lipinski definition) is 5. The molecule has 0 aliphatic rings. The molecule has 0 saturated heterocycles. The van der Waals surface area contributed by atoms with Crippen LogP contribution in [0.15, 0.2) is 30.3 Å². The van der Waals surface area contributed by atoms with Crippen molar-refractivity contribution in [3.05, 3.63) is 41.5 Å². The summed E-state index contributed by atoms with van der Waals surface area (Å²) >= 11 is 0. The Hall–Kier alpha value is -3.14. The molecule has 0 aromatic heterocycles. The summed E-state index contributed by atoms with van der Waals surface area (Å²) in [5, 5.41) is 13.3. The van der Waals surface area contributed by atoms with Crippen LogP contribution < -0.4 is 10.6 Å². The van der Waals surface area contributed by atoms with Crippen LogP contribution in [0.2, 0.25) is 0 Å². The maximum atomic E-state index is 11.7. The Kier molecular flexibility index (Phi) is 7.17. The van der Waals surface area contributed by atoms with E-state index in [-0.39, 0.29) is 6.04 Å². The molecule has 0 bridgehead atoms. The zero-order valence-corrected chi connectivity index (χ0v) is 13.7. The van der Waals surface area contributed by atoms with Crippen LogP contribution in [0.4, 0.5) is 4.79 Å². The summed E-state index contributed by atoms with van der Waals surface area (Å²) in [5.74, 6) is -1.43. The molecule has 0 unspecified atom stereocenters. The van der Waals surface area contributed by atoms with E-state index in [4.69, 9.17) is 10.00 Å². The number of rotatable bonds is 5. The minimum atomic E-state index is -1.11. The molecular weight excluding hydrogens is 310 g/mol. The molecule has 0 saturated carbocycles. The van der Waals surface area contributed by atoms with Crippen molar-refractivity contribution in [3.8, 4) is 6.07 Å². The van der Waals surface area contributed by atoms with Crippen molar-refractivity contribution < 1.29 is 19.1 Å². The van der Waals surface area contributed by atoms with E-state index in [1.54, 1.807) is 38.1 Å². The lowest BCUT2D eigenvalue weighted by Gasteiger charge is -2.13. The van der Waals surface area contributed by atoms with Gasteiger partial charge in [0.15, 0.2) is 6.10 Å². The van der Waals surface area contributed by atoms with Crippen molar-refractivity contribution in [2.45, 2.75) is 32.9 Å². The van der Waals surface area contributed by atoms with Gasteiger partial charge in [-0.3, -0.25) is 10.1 Å². The molecule has 0 aliphatic carbocycles. The molecule has 0 radical (unpaired) electrons. The number of ether oxygens (including phenoxy) is 1. The van der Waals surface area contributed by atoms with Gasteiger partial charge in [-0.25, -0.2) is 9.59 Å². The first-order chi connectivity index (χ1) is 11.3. The second-order valence-electron chi connectivity index (χ2n) is 5.26. The van der Waals surface area contributed by atoms with Gasteiger partial charge in [0.25, 0.3) is 5.91 Å². The number of nitrogens with zero attached hydrogens (tertiary/aromatic N) is 1. The average molecular weight is 329 g/mol. The van der Waals surface area contributed by atoms with Gasteiger partial charge < -0.3 is 10.1 Å². The van der Waals surface area contributed by atoms with Gasteiger partial charge in [-0.15, -0.1) is 0 Å². The van der Waals surface area contributed by atoms with E-state index in [0.717, 1.165) is 0 Å². The van der Waals surface area contributed by atoms with E-state index in [2.05, 4.69) is 10.6 Å². The largest absolute Gasteiger partial charge is 0.449 e. The topological polar surface area (TPSA) is 108 Å². The first-order valence-corrected chi connectivity index (χ1v) is 7.32. The van der Waals surface area contributed by atoms with Gasteiger partial charge >= 0.3 is 12.0 Å². The molecule has 0 heterocycles. The first-order valence-electron chi connectivity index (χ1n) is 7.32. The monoisotopic (exact) mass is 329 g/mol. The smallest absolute Gasteiger partial charge is 0.331 e. The van der Waals surface area contributed by atoms with Crippen molar-refractivity contribution >= 4 is 24.0 Å². The third kappa shape index (κ3) is 6.75. The lowest BCUT2D eigenvalue weighted by molar-refractivity contribution is -0.149. The molecule has 0 aliphatic heterocycles. The summed E-state index contributed by atoms with van der Waals surface area (Å²) in [4.78, 5) is 34.8. The summed E-state index contributed by atoms with van der Waals surface area (Å²) in [6, 6.07) is 7.81. The van der Waals surface area contributed by atoms with Crippen LogP contribution in [0, 0.1) is 11.3 Å². The Morgan fingerprint density at radius 2 is 1.79 bits per heavy atom. The Bertz CT molecular complexity index is 672. The van der Waals surface area contributed by atoms with Crippen molar-refractivity contribution in [1.82, 2.24) is 10.6 Å². The summed E-state index contributed by atoms with van der Waals surface area (Å²) in [6.07, 6.45) is 1.56. The molecule has 126 valence electrons. The Morgan fingerprint density at radius 1 is 1.17 bits per heavy atom. The maximum Gasteiger partial charge on any atom is 0.331 e. The molecule has 3 amide bonds. The molecule has 0 fully saturated rings. The van der Waals surface area contributed by atoms with Gasteiger partial charge in [-0.2, -0.15) is 5.26 Å².